The molecule has 1 saturated carbocycles. The van der Waals surface area contributed by atoms with Crippen LogP contribution in [0.15, 0.2) is 6.20 Å². The van der Waals surface area contributed by atoms with Gasteiger partial charge in [0.2, 0.25) is 0 Å². The summed E-state index contributed by atoms with van der Waals surface area (Å²) in [7, 11) is 0. The Morgan fingerprint density at radius 1 is 1.69 bits per heavy atom. The molecule has 0 saturated heterocycles. The molecule has 4 heteroatoms. The highest BCUT2D eigenvalue weighted by Crippen LogP contribution is 2.32. The minimum Gasteiger partial charge on any atom is -0.252 e. The number of nitrogens with zero attached hydrogens (tertiary/aromatic N) is 3. The molecule has 0 N–H and O–H groups in total. The summed E-state index contributed by atoms with van der Waals surface area (Å²) in [6, 6.07) is 0. The fraction of sp³-hybridized carbons (Fsp3) is 0.778. The molecule has 1 unspecified atom stereocenters. The van der Waals surface area contributed by atoms with Crippen molar-refractivity contribution < 1.29 is 0 Å². The molecule has 0 spiro atoms. The molecule has 1 atom stereocenters. The molecule has 0 aromatic carbocycles. The highest BCUT2D eigenvalue weighted by molar-refractivity contribution is 6.20. The summed E-state index contributed by atoms with van der Waals surface area (Å²) in [5, 5.41) is 7.98. The summed E-state index contributed by atoms with van der Waals surface area (Å²) in [6.07, 6.45) is 5.97. The van der Waals surface area contributed by atoms with E-state index in [2.05, 4.69) is 10.3 Å². The van der Waals surface area contributed by atoms with E-state index in [0.29, 0.717) is 0 Å². The van der Waals surface area contributed by atoms with Crippen molar-refractivity contribution in [3.8, 4) is 0 Å². The first-order valence-electron chi connectivity index (χ1n) is 4.80. The van der Waals surface area contributed by atoms with Gasteiger partial charge in [-0.2, -0.15) is 0 Å². The fourth-order valence-corrected chi connectivity index (χ4v) is 1.43. The number of rotatable bonds is 4. The third kappa shape index (κ3) is 2.44. The zero-order chi connectivity index (χ0) is 9.26. The minimum absolute atomic E-state index is 0.0327. The summed E-state index contributed by atoms with van der Waals surface area (Å²) >= 11 is 5.88. The van der Waals surface area contributed by atoms with Gasteiger partial charge in [0.05, 0.1) is 5.38 Å². The highest BCUT2D eigenvalue weighted by Gasteiger charge is 2.20. The van der Waals surface area contributed by atoms with E-state index in [4.69, 9.17) is 11.6 Å². The van der Waals surface area contributed by atoms with Crippen LogP contribution in [0.3, 0.4) is 0 Å². The first-order valence-corrected chi connectivity index (χ1v) is 5.23. The van der Waals surface area contributed by atoms with Crippen LogP contribution in [-0.2, 0) is 6.54 Å². The lowest BCUT2D eigenvalue weighted by Gasteiger charge is -1.97. The first-order chi connectivity index (χ1) is 6.25. The molecule has 3 nitrogen and oxygen atoms in total. The van der Waals surface area contributed by atoms with Gasteiger partial charge in [0, 0.05) is 12.7 Å². The molecule has 1 aromatic rings. The van der Waals surface area contributed by atoms with E-state index in [-0.39, 0.29) is 5.38 Å². The van der Waals surface area contributed by atoms with Crippen molar-refractivity contribution in [1.82, 2.24) is 15.0 Å². The first kappa shape index (κ1) is 9.00. The molecule has 0 aliphatic heterocycles. The van der Waals surface area contributed by atoms with Crippen LogP contribution in [0, 0.1) is 5.92 Å². The SMILES string of the molecule is CC(Cl)c1cn(CCC2CC2)nn1. The second-order valence-electron chi connectivity index (χ2n) is 3.75. The normalized spacial score (nSPS) is 18.9. The second kappa shape index (κ2) is 3.66. The molecule has 72 valence electrons. The summed E-state index contributed by atoms with van der Waals surface area (Å²) in [5.41, 5.74) is 0.873. The Labute approximate surface area is 83.1 Å². The quantitative estimate of drug-likeness (QED) is 0.698. The van der Waals surface area contributed by atoms with Crippen LogP contribution in [0.5, 0.6) is 0 Å². The Balaban J connectivity index is 1.88. The van der Waals surface area contributed by atoms with Crippen LogP contribution in [-0.4, -0.2) is 15.0 Å². The number of hydrogen-bond donors (Lipinski definition) is 0. The molecule has 1 aromatic heterocycles. The van der Waals surface area contributed by atoms with Gasteiger partial charge in [-0.05, 0) is 19.3 Å². The average molecular weight is 200 g/mol. The summed E-state index contributed by atoms with van der Waals surface area (Å²) in [4.78, 5) is 0. The number of alkyl halides is 1. The van der Waals surface area contributed by atoms with Crippen molar-refractivity contribution in [2.45, 2.75) is 38.1 Å². The molecular weight excluding hydrogens is 186 g/mol. The predicted octanol–water partition coefficient (Wildman–Crippen LogP) is 2.38. The molecule has 1 aliphatic carbocycles. The maximum atomic E-state index is 5.88. The zero-order valence-corrected chi connectivity index (χ0v) is 8.54. The van der Waals surface area contributed by atoms with Crippen LogP contribution in [0.1, 0.15) is 37.3 Å². The van der Waals surface area contributed by atoms with Gasteiger partial charge in [-0.25, -0.2) is 0 Å². The standard InChI is InChI=1S/C9H14ClN3/c1-7(10)9-6-13(12-11-9)5-4-8-2-3-8/h6-8H,2-5H2,1H3. The topological polar surface area (TPSA) is 30.7 Å². The Kier molecular flexibility index (Phi) is 2.54. The van der Waals surface area contributed by atoms with E-state index < -0.39 is 0 Å². The van der Waals surface area contributed by atoms with Crippen molar-refractivity contribution in [2.24, 2.45) is 5.92 Å². The van der Waals surface area contributed by atoms with Crippen LogP contribution < -0.4 is 0 Å². The van der Waals surface area contributed by atoms with Crippen molar-refractivity contribution >= 4 is 11.6 Å². The Hall–Kier alpha value is -0.570. The van der Waals surface area contributed by atoms with Gasteiger partial charge in [0.15, 0.2) is 0 Å². The number of hydrogen-bond acceptors (Lipinski definition) is 2. The van der Waals surface area contributed by atoms with Crippen LogP contribution in [0.4, 0.5) is 0 Å². The third-order valence-corrected chi connectivity index (χ3v) is 2.65. The largest absolute Gasteiger partial charge is 0.252 e. The van der Waals surface area contributed by atoms with Gasteiger partial charge in [0.1, 0.15) is 5.69 Å². The smallest absolute Gasteiger partial charge is 0.100 e. The van der Waals surface area contributed by atoms with Gasteiger partial charge < -0.3 is 0 Å². The maximum Gasteiger partial charge on any atom is 0.100 e. The van der Waals surface area contributed by atoms with Crippen molar-refractivity contribution in [1.29, 1.82) is 0 Å². The van der Waals surface area contributed by atoms with Crippen LogP contribution in [0.25, 0.3) is 0 Å². The van der Waals surface area contributed by atoms with Crippen molar-refractivity contribution in [2.75, 3.05) is 0 Å². The molecule has 0 radical (unpaired) electrons. The molecule has 0 amide bonds. The lowest BCUT2D eigenvalue weighted by atomic mass is 10.3. The Morgan fingerprint density at radius 2 is 2.46 bits per heavy atom. The lowest BCUT2D eigenvalue weighted by molar-refractivity contribution is 0.531. The van der Waals surface area contributed by atoms with Gasteiger partial charge >= 0.3 is 0 Å². The summed E-state index contributed by atoms with van der Waals surface area (Å²) in [6.45, 7) is 2.90. The van der Waals surface area contributed by atoms with E-state index in [1.807, 2.05) is 17.8 Å². The highest BCUT2D eigenvalue weighted by atomic mass is 35.5. The monoisotopic (exact) mass is 199 g/mol. The molecular formula is C9H14ClN3. The molecule has 2 rings (SSSR count). The number of halogens is 1. The van der Waals surface area contributed by atoms with E-state index in [1.54, 1.807) is 0 Å². The van der Waals surface area contributed by atoms with Gasteiger partial charge in [-0.1, -0.05) is 18.1 Å². The average Bonchev–Trinajstić information content (AvgIpc) is 2.79. The number of aromatic nitrogens is 3. The number of aryl methyl sites for hydroxylation is 1. The van der Waals surface area contributed by atoms with Gasteiger partial charge in [-0.15, -0.1) is 16.7 Å². The second-order valence-corrected chi connectivity index (χ2v) is 4.41. The Bertz CT molecular complexity index is 278. The third-order valence-electron chi connectivity index (χ3n) is 2.43. The lowest BCUT2D eigenvalue weighted by Crippen LogP contribution is -1.99. The molecule has 0 bridgehead atoms. The molecule has 1 heterocycles. The fourth-order valence-electron chi connectivity index (χ4n) is 1.33. The molecule has 1 aliphatic rings. The summed E-state index contributed by atoms with van der Waals surface area (Å²) < 4.78 is 1.90. The van der Waals surface area contributed by atoms with Crippen molar-refractivity contribution in [3.63, 3.8) is 0 Å². The van der Waals surface area contributed by atoms with E-state index in [9.17, 15) is 0 Å². The van der Waals surface area contributed by atoms with E-state index in [1.165, 1.54) is 19.3 Å². The van der Waals surface area contributed by atoms with Gasteiger partial charge in [0.25, 0.3) is 0 Å². The van der Waals surface area contributed by atoms with E-state index >= 15 is 0 Å². The van der Waals surface area contributed by atoms with Crippen molar-refractivity contribution in [3.05, 3.63) is 11.9 Å². The maximum absolute atomic E-state index is 5.88. The summed E-state index contributed by atoms with van der Waals surface area (Å²) in [5.74, 6) is 0.945. The van der Waals surface area contributed by atoms with Crippen LogP contribution in [0.2, 0.25) is 0 Å². The van der Waals surface area contributed by atoms with Crippen LogP contribution >= 0.6 is 11.6 Å². The predicted molar refractivity (Wildman–Crippen MR) is 51.6 cm³/mol. The van der Waals surface area contributed by atoms with E-state index in [0.717, 1.165) is 18.2 Å². The molecule has 1 fully saturated rings. The Morgan fingerprint density at radius 3 is 3.00 bits per heavy atom. The van der Waals surface area contributed by atoms with Gasteiger partial charge in [-0.3, -0.25) is 4.68 Å². The molecule has 13 heavy (non-hydrogen) atoms. The zero-order valence-electron chi connectivity index (χ0n) is 7.78. The minimum atomic E-state index is -0.0327.